The molecule has 1 unspecified atom stereocenters. The van der Waals surface area contributed by atoms with Gasteiger partial charge < -0.3 is 15.0 Å². The largest absolute Gasteiger partial charge is 0.485 e. The second kappa shape index (κ2) is 6.85. The van der Waals surface area contributed by atoms with Crippen LogP contribution in [0, 0.1) is 0 Å². The first kappa shape index (κ1) is 15.0. The summed E-state index contributed by atoms with van der Waals surface area (Å²) in [6, 6.07) is 5.94. The van der Waals surface area contributed by atoms with Crippen LogP contribution in [0.15, 0.2) is 27.2 Å². The fourth-order valence-corrected chi connectivity index (χ4v) is 2.19. The zero-order valence-electron chi connectivity index (χ0n) is 11.6. The first-order valence-electron chi connectivity index (χ1n) is 6.56. The first-order valence-corrected chi connectivity index (χ1v) is 7.36. The monoisotopic (exact) mass is 339 g/mol. The number of halogens is 1. The van der Waals surface area contributed by atoms with E-state index in [9.17, 15) is 0 Å². The lowest BCUT2D eigenvalue weighted by Crippen LogP contribution is -2.18. The van der Waals surface area contributed by atoms with Crippen molar-refractivity contribution < 1.29 is 9.26 Å². The van der Waals surface area contributed by atoms with Crippen LogP contribution >= 0.6 is 15.9 Å². The highest BCUT2D eigenvalue weighted by Crippen LogP contribution is 2.24. The summed E-state index contributed by atoms with van der Waals surface area (Å²) in [5.74, 6) is 1.95. The quantitative estimate of drug-likeness (QED) is 0.875. The maximum absolute atomic E-state index is 5.83. The van der Waals surface area contributed by atoms with Crippen molar-refractivity contribution in [1.82, 2.24) is 10.1 Å². The zero-order valence-corrected chi connectivity index (χ0v) is 13.2. The average molecular weight is 340 g/mol. The van der Waals surface area contributed by atoms with Gasteiger partial charge in [0.15, 0.2) is 6.61 Å². The summed E-state index contributed by atoms with van der Waals surface area (Å²) in [6.45, 7) is 4.24. The lowest BCUT2D eigenvalue weighted by Gasteiger charge is -2.10. The third-order valence-electron chi connectivity index (χ3n) is 2.74. The van der Waals surface area contributed by atoms with Crippen LogP contribution in [0.5, 0.6) is 5.75 Å². The second-order valence-electron chi connectivity index (χ2n) is 4.68. The molecule has 108 valence electrons. The third-order valence-corrected chi connectivity index (χ3v) is 3.51. The van der Waals surface area contributed by atoms with Gasteiger partial charge in [0.05, 0.1) is 0 Å². The number of nitrogens with two attached hydrogens (primary N) is 1. The fraction of sp³-hybridized carbons (Fsp3) is 0.429. The molecule has 2 N–H and O–H groups in total. The van der Waals surface area contributed by atoms with Gasteiger partial charge in [-0.25, -0.2) is 0 Å². The Morgan fingerprint density at radius 2 is 2.25 bits per heavy atom. The number of aryl methyl sites for hydroxylation is 1. The highest BCUT2D eigenvalue weighted by Gasteiger charge is 2.08. The predicted octanol–water partition coefficient (Wildman–Crippen LogP) is 2.86. The van der Waals surface area contributed by atoms with Crippen LogP contribution in [0.1, 0.15) is 31.1 Å². The second-order valence-corrected chi connectivity index (χ2v) is 5.54. The number of rotatable bonds is 6. The molecule has 0 fully saturated rings. The maximum Gasteiger partial charge on any atom is 0.226 e. The molecule has 0 aliphatic heterocycles. The van der Waals surface area contributed by atoms with Crippen molar-refractivity contribution in [3.63, 3.8) is 0 Å². The topological polar surface area (TPSA) is 74.2 Å². The smallest absolute Gasteiger partial charge is 0.226 e. The highest BCUT2D eigenvalue weighted by molar-refractivity contribution is 9.10. The molecule has 2 aromatic rings. The molecule has 0 spiro atoms. The van der Waals surface area contributed by atoms with E-state index in [2.05, 4.69) is 26.1 Å². The number of hydrogen-bond donors (Lipinski definition) is 1. The summed E-state index contributed by atoms with van der Waals surface area (Å²) in [6.07, 6.45) is 1.52. The van der Waals surface area contributed by atoms with Gasteiger partial charge in [-0.2, -0.15) is 4.98 Å². The van der Waals surface area contributed by atoms with E-state index in [-0.39, 0.29) is 6.04 Å². The molecule has 1 heterocycles. The summed E-state index contributed by atoms with van der Waals surface area (Å²) in [5, 5.41) is 3.85. The summed E-state index contributed by atoms with van der Waals surface area (Å²) < 4.78 is 11.8. The van der Waals surface area contributed by atoms with Crippen molar-refractivity contribution in [2.75, 3.05) is 0 Å². The molecule has 0 amide bonds. The average Bonchev–Trinajstić information content (AvgIpc) is 2.87. The zero-order chi connectivity index (χ0) is 14.5. The van der Waals surface area contributed by atoms with Crippen molar-refractivity contribution in [2.45, 2.75) is 39.3 Å². The molecule has 0 saturated carbocycles. The summed E-state index contributed by atoms with van der Waals surface area (Å²) in [7, 11) is 0. The van der Waals surface area contributed by atoms with Crippen molar-refractivity contribution in [3.8, 4) is 5.75 Å². The number of ether oxygens (including phenoxy) is 1. The highest BCUT2D eigenvalue weighted by atomic mass is 79.9. The molecule has 1 aromatic carbocycles. The van der Waals surface area contributed by atoms with Gasteiger partial charge in [-0.3, -0.25) is 0 Å². The standard InChI is InChI=1S/C14H18BrN3O2/c1-3-14-17-13(18-20-14)8-19-11-4-5-12(15)10(7-11)6-9(2)16/h4-5,7,9H,3,6,8,16H2,1-2H3. The van der Waals surface area contributed by atoms with E-state index in [1.165, 1.54) is 0 Å². The van der Waals surface area contributed by atoms with E-state index >= 15 is 0 Å². The Hall–Kier alpha value is -1.40. The first-order chi connectivity index (χ1) is 9.58. The van der Waals surface area contributed by atoms with Crippen LogP contribution in [0.4, 0.5) is 0 Å². The molecular weight excluding hydrogens is 322 g/mol. The van der Waals surface area contributed by atoms with Gasteiger partial charge in [0, 0.05) is 16.9 Å². The fourth-order valence-electron chi connectivity index (χ4n) is 1.78. The molecule has 20 heavy (non-hydrogen) atoms. The Labute approximate surface area is 126 Å². The van der Waals surface area contributed by atoms with Gasteiger partial charge in [-0.15, -0.1) is 0 Å². The van der Waals surface area contributed by atoms with E-state index in [4.69, 9.17) is 15.0 Å². The number of aromatic nitrogens is 2. The Morgan fingerprint density at radius 3 is 2.90 bits per heavy atom. The molecule has 6 heteroatoms. The molecule has 0 aliphatic rings. The number of benzene rings is 1. The van der Waals surface area contributed by atoms with Gasteiger partial charge in [-0.05, 0) is 37.1 Å². The Kier molecular flexibility index (Phi) is 5.14. The molecule has 0 aliphatic carbocycles. The van der Waals surface area contributed by atoms with E-state index < -0.39 is 0 Å². The van der Waals surface area contributed by atoms with E-state index in [0.717, 1.165) is 28.6 Å². The van der Waals surface area contributed by atoms with Crippen molar-refractivity contribution in [2.24, 2.45) is 5.73 Å². The van der Waals surface area contributed by atoms with Gasteiger partial charge >= 0.3 is 0 Å². The van der Waals surface area contributed by atoms with Gasteiger partial charge in [-0.1, -0.05) is 28.0 Å². The van der Waals surface area contributed by atoms with E-state index in [0.29, 0.717) is 18.3 Å². The molecule has 1 atom stereocenters. The molecule has 0 radical (unpaired) electrons. The molecule has 5 nitrogen and oxygen atoms in total. The Bertz CT molecular complexity index is 569. The molecule has 0 bridgehead atoms. The van der Waals surface area contributed by atoms with Crippen LogP contribution in [0.25, 0.3) is 0 Å². The van der Waals surface area contributed by atoms with Crippen LogP contribution in [-0.2, 0) is 19.4 Å². The lowest BCUT2D eigenvalue weighted by atomic mass is 10.1. The summed E-state index contributed by atoms with van der Waals surface area (Å²) in [5.41, 5.74) is 6.96. The minimum absolute atomic E-state index is 0.103. The third kappa shape index (κ3) is 4.05. The van der Waals surface area contributed by atoms with Crippen LogP contribution in [-0.4, -0.2) is 16.2 Å². The minimum Gasteiger partial charge on any atom is -0.485 e. The normalized spacial score (nSPS) is 12.4. The van der Waals surface area contributed by atoms with Crippen LogP contribution < -0.4 is 10.5 Å². The lowest BCUT2D eigenvalue weighted by molar-refractivity contribution is 0.285. The Morgan fingerprint density at radius 1 is 1.45 bits per heavy atom. The minimum atomic E-state index is 0.103. The van der Waals surface area contributed by atoms with E-state index in [1.807, 2.05) is 32.0 Å². The van der Waals surface area contributed by atoms with E-state index in [1.54, 1.807) is 0 Å². The SMILES string of the molecule is CCc1nc(COc2ccc(Br)c(CC(C)N)c2)no1. The van der Waals surface area contributed by atoms with Gasteiger partial charge in [0.25, 0.3) is 0 Å². The van der Waals surface area contributed by atoms with Crippen molar-refractivity contribution >= 4 is 15.9 Å². The van der Waals surface area contributed by atoms with Crippen molar-refractivity contribution in [1.29, 1.82) is 0 Å². The summed E-state index contributed by atoms with van der Waals surface area (Å²) in [4.78, 5) is 4.20. The number of nitrogens with zero attached hydrogens (tertiary/aromatic N) is 2. The Balaban J connectivity index is 2.02. The molecular formula is C14H18BrN3O2. The summed E-state index contributed by atoms with van der Waals surface area (Å²) >= 11 is 3.52. The maximum atomic E-state index is 5.83. The van der Waals surface area contributed by atoms with Crippen LogP contribution in [0.3, 0.4) is 0 Å². The van der Waals surface area contributed by atoms with Crippen LogP contribution in [0.2, 0.25) is 0 Å². The molecule has 2 rings (SSSR count). The van der Waals surface area contributed by atoms with Gasteiger partial charge in [0.2, 0.25) is 11.7 Å². The predicted molar refractivity (Wildman–Crippen MR) is 79.5 cm³/mol. The molecule has 1 aromatic heterocycles. The number of hydrogen-bond acceptors (Lipinski definition) is 5. The molecule has 0 saturated heterocycles. The van der Waals surface area contributed by atoms with Crippen molar-refractivity contribution in [3.05, 3.63) is 40.0 Å². The van der Waals surface area contributed by atoms with Gasteiger partial charge in [0.1, 0.15) is 5.75 Å².